The SMILES string of the molecule is Clc1cc(Cl)c(N/N=C/c2ccccc2I)c(Cl)c1. The molecule has 0 aliphatic carbocycles. The van der Waals surface area contributed by atoms with Gasteiger partial charge < -0.3 is 0 Å². The fourth-order valence-electron chi connectivity index (χ4n) is 1.40. The second-order valence-electron chi connectivity index (χ2n) is 3.64. The third-order valence-corrected chi connectivity index (χ3v) is 4.09. The highest BCUT2D eigenvalue weighted by atomic mass is 127. The summed E-state index contributed by atoms with van der Waals surface area (Å²) in [6.07, 6.45) is 1.71. The quantitative estimate of drug-likeness (QED) is 0.381. The molecule has 0 unspecified atom stereocenters. The van der Waals surface area contributed by atoms with E-state index < -0.39 is 0 Å². The van der Waals surface area contributed by atoms with Gasteiger partial charge in [-0.25, -0.2) is 0 Å². The van der Waals surface area contributed by atoms with Crippen LogP contribution in [-0.4, -0.2) is 6.21 Å². The Morgan fingerprint density at radius 2 is 1.68 bits per heavy atom. The molecule has 2 aromatic rings. The van der Waals surface area contributed by atoms with Crippen molar-refractivity contribution < 1.29 is 0 Å². The summed E-state index contributed by atoms with van der Waals surface area (Å²) < 4.78 is 1.11. The summed E-state index contributed by atoms with van der Waals surface area (Å²) in [5.74, 6) is 0. The van der Waals surface area contributed by atoms with Crippen molar-refractivity contribution >= 4 is 69.3 Å². The summed E-state index contributed by atoms with van der Waals surface area (Å²) >= 11 is 20.2. The Bertz CT molecular complexity index is 606. The average molecular weight is 425 g/mol. The Kier molecular flexibility index (Phi) is 5.33. The van der Waals surface area contributed by atoms with Gasteiger partial charge in [-0.2, -0.15) is 5.10 Å². The maximum Gasteiger partial charge on any atom is 0.0935 e. The lowest BCUT2D eigenvalue weighted by molar-refractivity contribution is 1.35. The number of anilines is 1. The Hall–Kier alpha value is -0.490. The maximum atomic E-state index is 6.04. The van der Waals surface area contributed by atoms with E-state index in [2.05, 4.69) is 33.1 Å². The van der Waals surface area contributed by atoms with E-state index in [0.29, 0.717) is 20.8 Å². The van der Waals surface area contributed by atoms with E-state index in [1.807, 2.05) is 24.3 Å². The van der Waals surface area contributed by atoms with Crippen LogP contribution in [0.15, 0.2) is 41.5 Å². The molecule has 0 saturated heterocycles. The summed E-state index contributed by atoms with van der Waals surface area (Å²) in [5, 5.41) is 5.48. The van der Waals surface area contributed by atoms with Crippen LogP contribution < -0.4 is 5.43 Å². The minimum absolute atomic E-state index is 0.428. The van der Waals surface area contributed by atoms with Crippen molar-refractivity contribution in [3.8, 4) is 0 Å². The van der Waals surface area contributed by atoms with Crippen LogP contribution in [0.4, 0.5) is 5.69 Å². The Balaban J connectivity index is 2.18. The molecule has 0 aliphatic rings. The van der Waals surface area contributed by atoms with Gasteiger partial charge in [-0.05, 0) is 40.8 Å². The first-order valence-corrected chi connectivity index (χ1v) is 7.47. The number of halogens is 4. The van der Waals surface area contributed by atoms with E-state index in [1.165, 1.54) is 0 Å². The van der Waals surface area contributed by atoms with E-state index in [9.17, 15) is 0 Å². The van der Waals surface area contributed by atoms with Gasteiger partial charge in [-0.3, -0.25) is 5.43 Å². The van der Waals surface area contributed by atoms with Gasteiger partial charge >= 0.3 is 0 Å². The Morgan fingerprint density at radius 1 is 1.05 bits per heavy atom. The van der Waals surface area contributed by atoms with Gasteiger partial charge in [0.1, 0.15) is 0 Å². The largest absolute Gasteiger partial charge is 0.275 e. The van der Waals surface area contributed by atoms with Crippen molar-refractivity contribution in [2.45, 2.75) is 0 Å². The molecular weight excluding hydrogens is 417 g/mol. The standard InChI is InChI=1S/C13H8Cl3IN2/c14-9-5-10(15)13(11(16)6-9)19-18-7-8-3-1-2-4-12(8)17/h1-7,19H/b18-7+. The van der Waals surface area contributed by atoms with Gasteiger partial charge in [0.15, 0.2) is 0 Å². The molecule has 0 saturated carbocycles. The highest BCUT2D eigenvalue weighted by Crippen LogP contribution is 2.33. The number of nitrogens with zero attached hydrogens (tertiary/aromatic N) is 1. The normalized spacial score (nSPS) is 10.9. The minimum Gasteiger partial charge on any atom is -0.275 e. The maximum absolute atomic E-state index is 6.04. The molecule has 0 bridgehead atoms. The summed E-state index contributed by atoms with van der Waals surface area (Å²) in [7, 11) is 0. The average Bonchev–Trinajstić information content (AvgIpc) is 2.34. The monoisotopic (exact) mass is 424 g/mol. The lowest BCUT2D eigenvalue weighted by Gasteiger charge is -2.06. The third-order valence-electron chi connectivity index (χ3n) is 2.29. The van der Waals surface area contributed by atoms with E-state index >= 15 is 0 Å². The number of rotatable bonds is 3. The van der Waals surface area contributed by atoms with Crippen molar-refractivity contribution in [2.75, 3.05) is 5.43 Å². The molecule has 0 aliphatic heterocycles. The summed E-state index contributed by atoms with van der Waals surface area (Å²) in [5.41, 5.74) is 4.38. The zero-order valence-electron chi connectivity index (χ0n) is 9.50. The molecule has 2 rings (SSSR count). The van der Waals surface area contributed by atoms with E-state index in [-0.39, 0.29) is 0 Å². The van der Waals surface area contributed by atoms with Crippen molar-refractivity contribution in [1.82, 2.24) is 0 Å². The molecule has 19 heavy (non-hydrogen) atoms. The molecular formula is C13H8Cl3IN2. The number of hydrogen-bond donors (Lipinski definition) is 1. The topological polar surface area (TPSA) is 24.4 Å². The lowest BCUT2D eigenvalue weighted by atomic mass is 10.2. The molecule has 2 aromatic carbocycles. The molecule has 0 fully saturated rings. The molecule has 2 nitrogen and oxygen atoms in total. The molecule has 1 N–H and O–H groups in total. The van der Waals surface area contributed by atoms with Crippen LogP contribution in [0, 0.1) is 3.57 Å². The summed E-state index contributed by atoms with van der Waals surface area (Å²) in [6, 6.07) is 11.1. The molecule has 6 heteroatoms. The lowest BCUT2D eigenvalue weighted by Crippen LogP contribution is -1.94. The molecule has 0 spiro atoms. The van der Waals surface area contributed by atoms with Gasteiger partial charge in [0.2, 0.25) is 0 Å². The number of benzene rings is 2. The fraction of sp³-hybridized carbons (Fsp3) is 0. The number of nitrogens with one attached hydrogen (secondary N) is 1. The second-order valence-corrected chi connectivity index (χ2v) is 6.05. The van der Waals surface area contributed by atoms with Crippen LogP contribution in [0.25, 0.3) is 0 Å². The Labute approximate surface area is 139 Å². The van der Waals surface area contributed by atoms with Crippen molar-refractivity contribution in [1.29, 1.82) is 0 Å². The second kappa shape index (κ2) is 6.79. The first-order chi connectivity index (χ1) is 9.08. The molecule has 98 valence electrons. The highest BCUT2D eigenvalue weighted by molar-refractivity contribution is 14.1. The van der Waals surface area contributed by atoms with Crippen LogP contribution >= 0.6 is 57.4 Å². The molecule has 0 atom stereocenters. The van der Waals surface area contributed by atoms with Crippen LogP contribution in [0.2, 0.25) is 15.1 Å². The van der Waals surface area contributed by atoms with Crippen LogP contribution in [0.5, 0.6) is 0 Å². The highest BCUT2D eigenvalue weighted by Gasteiger charge is 2.06. The number of hydrogen-bond acceptors (Lipinski definition) is 2. The third kappa shape index (κ3) is 3.99. The van der Waals surface area contributed by atoms with Gasteiger partial charge in [-0.1, -0.05) is 53.0 Å². The predicted molar refractivity (Wildman–Crippen MR) is 91.8 cm³/mol. The van der Waals surface area contributed by atoms with Gasteiger partial charge in [-0.15, -0.1) is 0 Å². The minimum atomic E-state index is 0.428. The first kappa shape index (κ1) is 14.9. The number of hydrazone groups is 1. The molecule has 0 heterocycles. The van der Waals surface area contributed by atoms with Crippen LogP contribution in [-0.2, 0) is 0 Å². The van der Waals surface area contributed by atoms with Crippen molar-refractivity contribution in [3.05, 3.63) is 60.6 Å². The summed E-state index contributed by atoms with van der Waals surface area (Å²) in [6.45, 7) is 0. The summed E-state index contributed by atoms with van der Waals surface area (Å²) in [4.78, 5) is 0. The zero-order valence-corrected chi connectivity index (χ0v) is 13.9. The smallest absolute Gasteiger partial charge is 0.0935 e. The van der Waals surface area contributed by atoms with E-state index in [0.717, 1.165) is 9.13 Å². The predicted octanol–water partition coefficient (Wildman–Crippen LogP) is 5.70. The molecule has 0 aromatic heterocycles. The van der Waals surface area contributed by atoms with Gasteiger partial charge in [0.25, 0.3) is 0 Å². The van der Waals surface area contributed by atoms with E-state index in [1.54, 1.807) is 18.3 Å². The molecule has 0 radical (unpaired) electrons. The van der Waals surface area contributed by atoms with Gasteiger partial charge in [0, 0.05) is 14.2 Å². The van der Waals surface area contributed by atoms with Crippen molar-refractivity contribution in [2.24, 2.45) is 5.10 Å². The fourth-order valence-corrected chi connectivity index (χ4v) is 2.82. The molecule has 0 amide bonds. The van der Waals surface area contributed by atoms with Gasteiger partial charge in [0.05, 0.1) is 21.9 Å². The van der Waals surface area contributed by atoms with Crippen LogP contribution in [0.1, 0.15) is 5.56 Å². The first-order valence-electron chi connectivity index (χ1n) is 5.26. The zero-order chi connectivity index (χ0) is 13.8. The van der Waals surface area contributed by atoms with Crippen LogP contribution in [0.3, 0.4) is 0 Å². The van der Waals surface area contributed by atoms with Crippen molar-refractivity contribution in [3.63, 3.8) is 0 Å². The van der Waals surface area contributed by atoms with E-state index in [4.69, 9.17) is 34.8 Å². The Morgan fingerprint density at radius 3 is 2.32 bits per heavy atom.